The van der Waals surface area contributed by atoms with Crippen LogP contribution >= 0.6 is 0 Å². The first-order valence-electron chi connectivity index (χ1n) is 11.1. The zero-order chi connectivity index (χ0) is 24.6. The van der Waals surface area contributed by atoms with E-state index in [-0.39, 0.29) is 28.4 Å². The lowest BCUT2D eigenvalue weighted by molar-refractivity contribution is -0.113. The second-order valence-corrected chi connectivity index (χ2v) is 8.50. The number of aromatic amines is 1. The van der Waals surface area contributed by atoms with Gasteiger partial charge in [0.2, 0.25) is 5.88 Å². The molecule has 1 amide bonds. The van der Waals surface area contributed by atoms with Crippen molar-refractivity contribution < 1.29 is 9.53 Å². The molecule has 1 aromatic heterocycles. The van der Waals surface area contributed by atoms with Crippen LogP contribution in [0.25, 0.3) is 10.9 Å². The fraction of sp³-hybridized carbons (Fsp3) is 0.222. The van der Waals surface area contributed by atoms with Crippen LogP contribution < -0.4 is 16.6 Å². The molecule has 0 spiro atoms. The van der Waals surface area contributed by atoms with E-state index < -0.39 is 17.4 Å². The van der Waals surface area contributed by atoms with Gasteiger partial charge in [0.05, 0.1) is 11.5 Å². The van der Waals surface area contributed by atoms with E-state index in [4.69, 9.17) is 10.5 Å². The number of allylic oxidation sites excluding steroid dienone is 2. The van der Waals surface area contributed by atoms with Gasteiger partial charge in [-0.3, -0.25) is 9.59 Å². The quantitative estimate of drug-likeness (QED) is 0.539. The lowest BCUT2D eigenvalue weighted by Gasteiger charge is -2.27. The van der Waals surface area contributed by atoms with Crippen molar-refractivity contribution in [3.05, 3.63) is 97.9 Å². The lowest BCUT2D eigenvalue weighted by atomic mass is 9.82. The van der Waals surface area contributed by atoms with E-state index in [9.17, 15) is 14.9 Å². The van der Waals surface area contributed by atoms with Crippen LogP contribution in [0.15, 0.2) is 70.0 Å². The Morgan fingerprint density at radius 3 is 2.62 bits per heavy atom. The normalized spacial score (nSPS) is 15.8. The third kappa shape index (κ3) is 4.06. The summed E-state index contributed by atoms with van der Waals surface area (Å²) in [5.74, 6) is -1.31. The smallest absolute Gasteiger partial charge is 0.256 e. The molecule has 34 heavy (non-hydrogen) atoms. The Morgan fingerprint density at radius 1 is 1.18 bits per heavy atom. The lowest BCUT2D eigenvalue weighted by Crippen LogP contribution is -2.31. The van der Waals surface area contributed by atoms with Crippen LogP contribution in [0.4, 0.5) is 5.69 Å². The number of ether oxygens (including phenoxy) is 1. The van der Waals surface area contributed by atoms with E-state index in [0.29, 0.717) is 11.2 Å². The number of hydrogen-bond acceptors (Lipinski definition) is 5. The van der Waals surface area contributed by atoms with Gasteiger partial charge in [-0.1, -0.05) is 30.7 Å². The summed E-state index contributed by atoms with van der Waals surface area (Å²) >= 11 is 0. The number of benzene rings is 2. The summed E-state index contributed by atoms with van der Waals surface area (Å²) in [6.07, 6.45) is 0.834. The molecule has 3 aromatic rings. The zero-order valence-corrected chi connectivity index (χ0v) is 19.6. The van der Waals surface area contributed by atoms with Crippen molar-refractivity contribution in [1.29, 1.82) is 5.26 Å². The van der Waals surface area contributed by atoms with E-state index >= 15 is 0 Å². The van der Waals surface area contributed by atoms with Gasteiger partial charge in [-0.25, -0.2) is 0 Å². The number of aryl methyl sites for hydroxylation is 3. The molecule has 2 aromatic carbocycles. The molecule has 0 radical (unpaired) electrons. The highest BCUT2D eigenvalue weighted by molar-refractivity contribution is 6.06. The molecule has 0 aliphatic carbocycles. The minimum absolute atomic E-state index is 0.0212. The Balaban J connectivity index is 1.87. The number of hydrogen-bond donors (Lipinski definition) is 3. The third-order valence-corrected chi connectivity index (χ3v) is 6.14. The third-order valence-electron chi connectivity index (χ3n) is 6.14. The monoisotopic (exact) mass is 454 g/mol. The average molecular weight is 455 g/mol. The maximum Gasteiger partial charge on any atom is 0.256 e. The molecule has 2 heterocycles. The maximum absolute atomic E-state index is 13.5. The highest BCUT2D eigenvalue weighted by Gasteiger charge is 2.37. The van der Waals surface area contributed by atoms with E-state index in [2.05, 4.69) is 16.4 Å². The minimum Gasteiger partial charge on any atom is -0.445 e. The van der Waals surface area contributed by atoms with E-state index in [1.807, 2.05) is 57.2 Å². The van der Waals surface area contributed by atoms with Crippen LogP contribution in [0.3, 0.4) is 0 Å². The standard InChI is InChI=1S/C27H26N4O3/c1-5-17-7-9-22-18(11-17)12-19(26(32)31-22)24-20(13-28)25(29)34-16(4)23(24)27(33)30-21-8-6-14(2)10-15(21)3/h6-12,24H,5,29H2,1-4H3,(H,30,33)(H,31,32). The van der Waals surface area contributed by atoms with Crippen LogP contribution in [0.1, 0.15) is 42.0 Å². The molecule has 1 aliphatic rings. The van der Waals surface area contributed by atoms with E-state index in [0.717, 1.165) is 28.5 Å². The number of carbonyl (C=O) groups excluding carboxylic acids is 1. The molecule has 0 saturated carbocycles. The molecule has 1 unspecified atom stereocenters. The number of rotatable bonds is 4. The first-order chi connectivity index (χ1) is 16.2. The van der Waals surface area contributed by atoms with Gasteiger partial charge in [-0.05, 0) is 68.0 Å². The van der Waals surface area contributed by atoms with Crippen LogP contribution in [0.2, 0.25) is 0 Å². The summed E-state index contributed by atoms with van der Waals surface area (Å²) in [7, 11) is 0. The van der Waals surface area contributed by atoms with Crippen molar-refractivity contribution in [2.24, 2.45) is 5.73 Å². The van der Waals surface area contributed by atoms with Crippen molar-refractivity contribution in [2.45, 2.75) is 40.0 Å². The molecule has 4 N–H and O–H groups in total. The average Bonchev–Trinajstić information content (AvgIpc) is 2.79. The summed E-state index contributed by atoms with van der Waals surface area (Å²) in [5.41, 5.74) is 10.5. The molecular formula is C27H26N4O3. The van der Waals surface area contributed by atoms with Gasteiger partial charge in [0.25, 0.3) is 11.5 Å². The largest absolute Gasteiger partial charge is 0.445 e. The highest BCUT2D eigenvalue weighted by atomic mass is 16.5. The molecule has 7 heteroatoms. The van der Waals surface area contributed by atoms with Crippen molar-refractivity contribution in [3.8, 4) is 6.07 Å². The Labute approximate surface area is 197 Å². The van der Waals surface area contributed by atoms with Crippen LogP contribution in [0.5, 0.6) is 0 Å². The molecule has 1 atom stereocenters. The first kappa shape index (κ1) is 22.9. The fourth-order valence-corrected chi connectivity index (χ4v) is 4.34. The number of carbonyl (C=O) groups is 1. The Bertz CT molecular complexity index is 1490. The molecular weight excluding hydrogens is 428 g/mol. The summed E-state index contributed by atoms with van der Waals surface area (Å²) < 4.78 is 5.57. The van der Waals surface area contributed by atoms with Crippen molar-refractivity contribution in [2.75, 3.05) is 5.32 Å². The van der Waals surface area contributed by atoms with Crippen molar-refractivity contribution in [3.63, 3.8) is 0 Å². The summed E-state index contributed by atoms with van der Waals surface area (Å²) in [6.45, 7) is 7.52. The first-order valence-corrected chi connectivity index (χ1v) is 11.1. The number of anilines is 1. The van der Waals surface area contributed by atoms with E-state index in [1.54, 1.807) is 13.0 Å². The minimum atomic E-state index is -0.970. The molecule has 0 bridgehead atoms. The van der Waals surface area contributed by atoms with Crippen LogP contribution in [0, 0.1) is 25.2 Å². The van der Waals surface area contributed by atoms with Crippen LogP contribution in [-0.2, 0) is 16.0 Å². The van der Waals surface area contributed by atoms with Gasteiger partial charge in [0.1, 0.15) is 17.4 Å². The summed E-state index contributed by atoms with van der Waals surface area (Å²) in [6, 6.07) is 15.3. The molecule has 1 aliphatic heterocycles. The van der Waals surface area contributed by atoms with E-state index in [1.165, 1.54) is 0 Å². The second-order valence-electron chi connectivity index (χ2n) is 8.50. The molecule has 7 nitrogen and oxygen atoms in total. The highest BCUT2D eigenvalue weighted by Crippen LogP contribution is 2.39. The second kappa shape index (κ2) is 8.91. The molecule has 0 saturated heterocycles. The molecule has 0 fully saturated rings. The van der Waals surface area contributed by atoms with Crippen molar-refractivity contribution in [1.82, 2.24) is 4.98 Å². The number of nitrogens with two attached hydrogens (primary N) is 1. The Hall–Kier alpha value is -4.31. The predicted octanol–water partition coefficient (Wildman–Crippen LogP) is 4.43. The summed E-state index contributed by atoms with van der Waals surface area (Å²) in [4.78, 5) is 29.5. The number of H-pyrrole nitrogens is 1. The number of amides is 1. The van der Waals surface area contributed by atoms with Gasteiger partial charge in [-0.2, -0.15) is 5.26 Å². The SMILES string of the molecule is CCc1ccc2[nH]c(=O)c(C3C(C#N)=C(N)OC(C)=C3C(=O)Nc3ccc(C)cc3C)cc2c1. The van der Waals surface area contributed by atoms with Gasteiger partial charge in [-0.15, -0.1) is 0 Å². The zero-order valence-electron chi connectivity index (χ0n) is 19.6. The van der Waals surface area contributed by atoms with Crippen molar-refractivity contribution >= 4 is 22.5 Å². The topological polar surface area (TPSA) is 121 Å². The van der Waals surface area contributed by atoms with Gasteiger partial charge in [0, 0.05) is 16.8 Å². The maximum atomic E-state index is 13.5. The van der Waals surface area contributed by atoms with Gasteiger partial charge >= 0.3 is 0 Å². The number of pyridine rings is 1. The van der Waals surface area contributed by atoms with Gasteiger partial charge in [0.15, 0.2) is 0 Å². The number of nitrogens with zero attached hydrogens (tertiary/aromatic N) is 1. The summed E-state index contributed by atoms with van der Waals surface area (Å²) in [5, 5.41) is 13.6. The number of aromatic nitrogens is 1. The predicted molar refractivity (Wildman–Crippen MR) is 132 cm³/mol. The number of fused-ring (bicyclic) bond motifs is 1. The van der Waals surface area contributed by atoms with Crippen LogP contribution in [-0.4, -0.2) is 10.9 Å². The number of nitrogens with one attached hydrogen (secondary N) is 2. The van der Waals surface area contributed by atoms with Gasteiger partial charge < -0.3 is 20.8 Å². The Morgan fingerprint density at radius 2 is 1.94 bits per heavy atom. The fourth-order valence-electron chi connectivity index (χ4n) is 4.34. The molecule has 4 rings (SSSR count). The Kier molecular flexibility index (Phi) is 5.99. The molecule has 172 valence electrons. The number of nitriles is 1.